The number of aromatic carboxylic acids is 2. The van der Waals surface area contributed by atoms with Gasteiger partial charge in [-0.3, -0.25) is 4.55 Å². The van der Waals surface area contributed by atoms with Gasteiger partial charge in [0.1, 0.15) is 4.90 Å². The number of hydrogen-bond donors (Lipinski definition) is 3. The summed E-state index contributed by atoms with van der Waals surface area (Å²) in [6.07, 6.45) is 0. The van der Waals surface area contributed by atoms with E-state index in [1.807, 2.05) is 0 Å². The molecule has 2 aromatic carbocycles. The number of carboxylic acids is 2. The van der Waals surface area contributed by atoms with Gasteiger partial charge < -0.3 is 10.2 Å². The SMILES string of the molecule is O=C(O)c1cc(S(=O)(=O)O)c2c(C(=O)O)cccc2c1. The van der Waals surface area contributed by atoms with Crippen LogP contribution in [0.4, 0.5) is 0 Å². The van der Waals surface area contributed by atoms with E-state index in [4.69, 9.17) is 10.2 Å². The lowest BCUT2D eigenvalue weighted by Gasteiger charge is -2.08. The van der Waals surface area contributed by atoms with Crippen molar-refractivity contribution in [3.63, 3.8) is 0 Å². The molecule has 20 heavy (non-hydrogen) atoms. The predicted molar refractivity (Wildman–Crippen MR) is 67.7 cm³/mol. The van der Waals surface area contributed by atoms with Gasteiger partial charge in [-0.2, -0.15) is 8.42 Å². The van der Waals surface area contributed by atoms with Gasteiger partial charge in [-0.15, -0.1) is 0 Å². The fourth-order valence-corrected chi connectivity index (χ4v) is 2.65. The van der Waals surface area contributed by atoms with Crippen molar-refractivity contribution < 1.29 is 32.8 Å². The summed E-state index contributed by atoms with van der Waals surface area (Å²) in [6.45, 7) is 0. The van der Waals surface area contributed by atoms with Crippen LogP contribution in [0.15, 0.2) is 35.2 Å². The predicted octanol–water partition coefficient (Wildman–Crippen LogP) is 1.48. The van der Waals surface area contributed by atoms with Crippen LogP contribution >= 0.6 is 0 Å². The molecule has 0 saturated carbocycles. The zero-order valence-electron chi connectivity index (χ0n) is 9.77. The van der Waals surface area contributed by atoms with E-state index >= 15 is 0 Å². The molecule has 0 heterocycles. The third kappa shape index (κ3) is 2.33. The average Bonchev–Trinajstić information content (AvgIpc) is 2.35. The summed E-state index contributed by atoms with van der Waals surface area (Å²) in [7, 11) is -4.77. The molecule has 104 valence electrons. The van der Waals surface area contributed by atoms with Crippen LogP contribution in [0.25, 0.3) is 10.8 Å². The van der Waals surface area contributed by atoms with Crippen molar-refractivity contribution in [2.24, 2.45) is 0 Å². The average molecular weight is 296 g/mol. The third-order valence-electron chi connectivity index (χ3n) is 2.70. The van der Waals surface area contributed by atoms with Gasteiger partial charge in [-0.1, -0.05) is 12.1 Å². The standard InChI is InChI=1S/C12H8O7S/c13-11(14)7-4-6-2-1-3-8(12(15)16)10(6)9(5-7)20(17,18)19/h1-5H,(H,13,14)(H,15,16)(H,17,18,19). The highest BCUT2D eigenvalue weighted by Gasteiger charge is 2.22. The van der Waals surface area contributed by atoms with Gasteiger partial charge in [-0.25, -0.2) is 9.59 Å². The van der Waals surface area contributed by atoms with Crippen LogP contribution in [0, 0.1) is 0 Å². The molecule has 0 unspecified atom stereocenters. The molecule has 7 nitrogen and oxygen atoms in total. The van der Waals surface area contributed by atoms with E-state index in [0.29, 0.717) is 0 Å². The molecule has 0 aliphatic rings. The zero-order chi connectivity index (χ0) is 15.1. The molecule has 2 aromatic rings. The van der Waals surface area contributed by atoms with Gasteiger partial charge in [0.25, 0.3) is 10.1 Å². The van der Waals surface area contributed by atoms with E-state index in [0.717, 1.165) is 12.1 Å². The molecule has 0 amide bonds. The molecule has 0 fully saturated rings. The van der Waals surface area contributed by atoms with Gasteiger partial charge in [0.2, 0.25) is 0 Å². The monoisotopic (exact) mass is 296 g/mol. The van der Waals surface area contributed by atoms with Crippen LogP contribution in [-0.4, -0.2) is 35.1 Å². The van der Waals surface area contributed by atoms with Gasteiger partial charge in [0, 0.05) is 5.39 Å². The summed E-state index contributed by atoms with van der Waals surface area (Å²) >= 11 is 0. The van der Waals surface area contributed by atoms with Crippen LogP contribution in [0.1, 0.15) is 20.7 Å². The maximum atomic E-state index is 11.4. The molecule has 0 radical (unpaired) electrons. The third-order valence-corrected chi connectivity index (χ3v) is 3.57. The highest BCUT2D eigenvalue weighted by Crippen LogP contribution is 2.28. The fourth-order valence-electron chi connectivity index (χ4n) is 1.89. The van der Waals surface area contributed by atoms with E-state index in [1.165, 1.54) is 18.2 Å². The van der Waals surface area contributed by atoms with Gasteiger partial charge in [0.05, 0.1) is 11.1 Å². The lowest BCUT2D eigenvalue weighted by atomic mass is 10.0. The first-order valence-electron chi connectivity index (χ1n) is 5.22. The smallest absolute Gasteiger partial charge is 0.336 e. The molecule has 0 bridgehead atoms. The van der Waals surface area contributed by atoms with E-state index in [2.05, 4.69) is 0 Å². The van der Waals surface area contributed by atoms with Crippen molar-refractivity contribution in [1.29, 1.82) is 0 Å². The van der Waals surface area contributed by atoms with Gasteiger partial charge in [-0.05, 0) is 23.6 Å². The minimum atomic E-state index is -4.77. The molecular weight excluding hydrogens is 288 g/mol. The van der Waals surface area contributed by atoms with Crippen LogP contribution in [0.3, 0.4) is 0 Å². The Labute approximate surface area is 112 Å². The molecule has 0 spiro atoms. The maximum Gasteiger partial charge on any atom is 0.336 e. The summed E-state index contributed by atoms with van der Waals surface area (Å²) in [5.74, 6) is -2.78. The second-order valence-electron chi connectivity index (χ2n) is 3.96. The Morgan fingerprint density at radius 1 is 1.00 bits per heavy atom. The topological polar surface area (TPSA) is 129 Å². The molecule has 0 aromatic heterocycles. The number of benzene rings is 2. The fraction of sp³-hybridized carbons (Fsp3) is 0. The van der Waals surface area contributed by atoms with Crippen molar-refractivity contribution >= 4 is 32.8 Å². The summed E-state index contributed by atoms with van der Waals surface area (Å²) < 4.78 is 31.9. The second kappa shape index (κ2) is 4.58. The molecule has 0 aliphatic heterocycles. The molecule has 3 N–H and O–H groups in total. The van der Waals surface area contributed by atoms with E-state index < -0.39 is 27.0 Å². The largest absolute Gasteiger partial charge is 0.478 e. The Morgan fingerprint density at radius 2 is 1.65 bits per heavy atom. The Balaban J connectivity index is 3.05. The number of hydrogen-bond acceptors (Lipinski definition) is 4. The number of carboxylic acid groups (broad SMARTS) is 2. The minimum Gasteiger partial charge on any atom is -0.478 e. The molecule has 0 aliphatic carbocycles. The summed E-state index contributed by atoms with van der Waals surface area (Å²) in [5, 5.41) is 17.8. The maximum absolute atomic E-state index is 11.4. The first-order valence-corrected chi connectivity index (χ1v) is 6.66. The molecular formula is C12H8O7S. The van der Waals surface area contributed by atoms with Crippen molar-refractivity contribution in [3.8, 4) is 0 Å². The molecule has 8 heteroatoms. The van der Waals surface area contributed by atoms with Crippen molar-refractivity contribution in [1.82, 2.24) is 0 Å². The van der Waals surface area contributed by atoms with Crippen molar-refractivity contribution in [2.45, 2.75) is 4.90 Å². The van der Waals surface area contributed by atoms with E-state index in [-0.39, 0.29) is 21.9 Å². The minimum absolute atomic E-state index is 0.0948. The summed E-state index contributed by atoms with van der Waals surface area (Å²) in [6, 6.07) is 5.75. The number of carbonyl (C=O) groups is 2. The normalized spacial score (nSPS) is 11.4. The zero-order valence-corrected chi connectivity index (χ0v) is 10.6. The Bertz CT molecular complexity index is 836. The number of fused-ring (bicyclic) bond motifs is 1. The van der Waals surface area contributed by atoms with E-state index in [9.17, 15) is 22.6 Å². The first kappa shape index (κ1) is 14.0. The van der Waals surface area contributed by atoms with Crippen LogP contribution < -0.4 is 0 Å². The van der Waals surface area contributed by atoms with Crippen LogP contribution in [0.2, 0.25) is 0 Å². The molecule has 2 rings (SSSR count). The first-order chi connectivity index (χ1) is 9.21. The molecule has 0 atom stereocenters. The van der Waals surface area contributed by atoms with Crippen LogP contribution in [-0.2, 0) is 10.1 Å². The quantitative estimate of drug-likeness (QED) is 0.731. The highest BCUT2D eigenvalue weighted by atomic mass is 32.2. The Kier molecular flexibility index (Phi) is 3.20. The Morgan fingerprint density at radius 3 is 2.15 bits per heavy atom. The van der Waals surface area contributed by atoms with Crippen LogP contribution in [0.5, 0.6) is 0 Å². The second-order valence-corrected chi connectivity index (χ2v) is 5.35. The van der Waals surface area contributed by atoms with E-state index in [1.54, 1.807) is 0 Å². The Hall–Kier alpha value is -2.45. The highest BCUT2D eigenvalue weighted by molar-refractivity contribution is 7.86. The van der Waals surface area contributed by atoms with Crippen molar-refractivity contribution in [2.75, 3.05) is 0 Å². The van der Waals surface area contributed by atoms with Gasteiger partial charge in [0.15, 0.2) is 0 Å². The van der Waals surface area contributed by atoms with Gasteiger partial charge >= 0.3 is 11.9 Å². The van der Waals surface area contributed by atoms with Crippen molar-refractivity contribution in [3.05, 3.63) is 41.5 Å². The lowest BCUT2D eigenvalue weighted by molar-refractivity contribution is 0.0688. The summed E-state index contributed by atoms with van der Waals surface area (Å²) in [4.78, 5) is 21.3. The summed E-state index contributed by atoms with van der Waals surface area (Å²) in [5.41, 5.74) is -0.709. The number of rotatable bonds is 3. The molecule has 0 saturated heterocycles. The lowest BCUT2D eigenvalue weighted by Crippen LogP contribution is -2.07.